The quantitative estimate of drug-likeness (QED) is 0.640. The molecule has 0 amide bonds. The Labute approximate surface area is 116 Å². The summed E-state index contributed by atoms with van der Waals surface area (Å²) in [4.78, 5) is 0. The molecule has 0 aliphatic rings. The van der Waals surface area contributed by atoms with E-state index in [4.69, 9.17) is 21.4 Å². The van der Waals surface area contributed by atoms with Gasteiger partial charge in [0.15, 0.2) is 4.71 Å². The van der Waals surface area contributed by atoms with Gasteiger partial charge >= 0.3 is 0 Å². The summed E-state index contributed by atoms with van der Waals surface area (Å²) < 4.78 is 11.7. The van der Waals surface area contributed by atoms with Gasteiger partial charge in [-0.25, -0.2) is 0 Å². The average Bonchev–Trinajstić information content (AvgIpc) is 2.46. The Morgan fingerprint density at radius 3 is 2.58 bits per heavy atom. The molecule has 0 aliphatic carbocycles. The summed E-state index contributed by atoms with van der Waals surface area (Å²) in [5, 5.41) is 1.01. The fourth-order valence-electron chi connectivity index (χ4n) is 1.87. The van der Waals surface area contributed by atoms with Crippen molar-refractivity contribution in [3.8, 4) is 5.75 Å². The number of fused-ring (bicyclic) bond motifs is 1. The summed E-state index contributed by atoms with van der Waals surface area (Å²) in [6, 6.07) is 19.6. The van der Waals surface area contributed by atoms with Gasteiger partial charge in [0.25, 0.3) is 0 Å². The highest BCUT2D eigenvalue weighted by Gasteiger charge is 2.00. The van der Waals surface area contributed by atoms with Crippen molar-refractivity contribution in [3.05, 3.63) is 70.9 Å². The van der Waals surface area contributed by atoms with Gasteiger partial charge in [-0.3, -0.25) is 0 Å². The Balaban J connectivity index is 1.83. The van der Waals surface area contributed by atoms with Crippen LogP contribution in [-0.2, 0) is 6.61 Å². The predicted octanol–water partition coefficient (Wildman–Crippen LogP) is 4.74. The van der Waals surface area contributed by atoms with Gasteiger partial charge in [-0.05, 0) is 42.0 Å². The molecule has 0 saturated carbocycles. The minimum absolute atomic E-state index is 0.479. The second kappa shape index (κ2) is 5.24. The molecule has 0 unspecified atom stereocenters. The molecule has 1 heterocycles. The molecule has 0 spiro atoms. The Morgan fingerprint density at radius 2 is 1.74 bits per heavy atom. The molecule has 0 atom stereocenters. The summed E-state index contributed by atoms with van der Waals surface area (Å²) in [7, 11) is 0. The van der Waals surface area contributed by atoms with E-state index in [9.17, 15) is 0 Å². The molecule has 2 aromatic carbocycles. The van der Waals surface area contributed by atoms with Gasteiger partial charge in [-0.2, -0.15) is 0 Å². The lowest BCUT2D eigenvalue weighted by Crippen LogP contribution is -1.94. The SMILES string of the molecule is S=c1ccc2ccc(OCc3ccccc3)cc2o1. The number of ether oxygens (including phenoxy) is 1. The van der Waals surface area contributed by atoms with E-state index in [-0.39, 0.29) is 0 Å². The first-order valence-corrected chi connectivity index (χ1v) is 6.43. The Kier molecular flexibility index (Phi) is 3.29. The van der Waals surface area contributed by atoms with Crippen LogP contribution in [0.1, 0.15) is 5.56 Å². The van der Waals surface area contributed by atoms with Crippen LogP contribution < -0.4 is 4.74 Å². The first kappa shape index (κ1) is 11.9. The Bertz CT molecular complexity index is 747. The molecular formula is C16H12O2S. The third kappa shape index (κ3) is 2.83. The molecule has 94 valence electrons. The summed E-state index contributed by atoms with van der Waals surface area (Å²) >= 11 is 5.02. The van der Waals surface area contributed by atoms with Gasteiger partial charge in [0.2, 0.25) is 0 Å². The molecule has 3 heteroatoms. The molecule has 0 aliphatic heterocycles. The molecule has 0 fully saturated rings. The van der Waals surface area contributed by atoms with Gasteiger partial charge in [0, 0.05) is 11.5 Å². The third-order valence-electron chi connectivity index (χ3n) is 2.84. The third-order valence-corrected chi connectivity index (χ3v) is 3.06. The highest BCUT2D eigenvalue weighted by Crippen LogP contribution is 2.21. The molecule has 0 radical (unpaired) electrons. The van der Waals surface area contributed by atoms with Crippen molar-refractivity contribution < 1.29 is 9.15 Å². The number of hydrogen-bond acceptors (Lipinski definition) is 3. The molecule has 3 aromatic rings. The van der Waals surface area contributed by atoms with Crippen LogP contribution in [0, 0.1) is 4.71 Å². The lowest BCUT2D eigenvalue weighted by molar-refractivity contribution is 0.306. The van der Waals surface area contributed by atoms with Crippen molar-refractivity contribution in [2.45, 2.75) is 6.61 Å². The molecule has 3 rings (SSSR count). The highest BCUT2D eigenvalue weighted by molar-refractivity contribution is 7.71. The smallest absolute Gasteiger partial charge is 0.190 e. The van der Waals surface area contributed by atoms with Crippen LogP contribution in [0.4, 0.5) is 0 Å². The maximum Gasteiger partial charge on any atom is 0.190 e. The van der Waals surface area contributed by atoms with Crippen LogP contribution in [0.25, 0.3) is 11.0 Å². The van der Waals surface area contributed by atoms with Crippen LogP contribution in [0.5, 0.6) is 5.75 Å². The fraction of sp³-hybridized carbons (Fsp3) is 0.0625. The van der Waals surface area contributed by atoms with Crippen molar-refractivity contribution in [1.82, 2.24) is 0 Å². The second-order valence-electron chi connectivity index (χ2n) is 4.23. The number of hydrogen-bond donors (Lipinski definition) is 0. The standard InChI is InChI=1S/C16H12O2S/c19-16-9-7-13-6-8-14(10-15(13)18-16)17-11-12-4-2-1-3-5-12/h1-10H,11H2. The maximum absolute atomic E-state index is 5.75. The lowest BCUT2D eigenvalue weighted by atomic mass is 10.2. The molecular weight excluding hydrogens is 256 g/mol. The van der Waals surface area contributed by atoms with Crippen LogP contribution in [0.2, 0.25) is 0 Å². The largest absolute Gasteiger partial charge is 0.489 e. The average molecular weight is 268 g/mol. The summed E-state index contributed by atoms with van der Waals surface area (Å²) in [5.41, 5.74) is 1.88. The van der Waals surface area contributed by atoms with Crippen LogP contribution in [0.15, 0.2) is 65.1 Å². The van der Waals surface area contributed by atoms with Gasteiger partial charge < -0.3 is 9.15 Å². The molecule has 0 N–H and O–H groups in total. The molecule has 2 nitrogen and oxygen atoms in total. The monoisotopic (exact) mass is 268 g/mol. The van der Waals surface area contributed by atoms with Gasteiger partial charge in [0.1, 0.15) is 17.9 Å². The zero-order chi connectivity index (χ0) is 13.1. The first-order valence-electron chi connectivity index (χ1n) is 6.02. The van der Waals surface area contributed by atoms with Crippen molar-refractivity contribution >= 4 is 23.2 Å². The molecule has 0 saturated heterocycles. The normalized spacial score (nSPS) is 10.5. The topological polar surface area (TPSA) is 22.4 Å². The first-order chi connectivity index (χ1) is 9.31. The molecule has 19 heavy (non-hydrogen) atoms. The van der Waals surface area contributed by atoms with Crippen molar-refractivity contribution in [3.63, 3.8) is 0 Å². The van der Waals surface area contributed by atoms with E-state index >= 15 is 0 Å². The minimum atomic E-state index is 0.479. The van der Waals surface area contributed by atoms with E-state index in [1.807, 2.05) is 54.6 Å². The number of benzene rings is 2. The van der Waals surface area contributed by atoms with Gasteiger partial charge in [0.05, 0.1) is 0 Å². The van der Waals surface area contributed by atoms with Gasteiger partial charge in [-0.15, -0.1) is 0 Å². The molecule has 0 bridgehead atoms. The van der Waals surface area contributed by atoms with E-state index in [1.54, 1.807) is 6.07 Å². The second-order valence-corrected chi connectivity index (χ2v) is 4.63. The van der Waals surface area contributed by atoms with E-state index in [0.717, 1.165) is 22.3 Å². The molecule has 1 aromatic heterocycles. The Hall–Kier alpha value is -2.13. The van der Waals surface area contributed by atoms with E-state index in [0.29, 0.717) is 11.3 Å². The van der Waals surface area contributed by atoms with Crippen LogP contribution >= 0.6 is 12.2 Å². The van der Waals surface area contributed by atoms with Crippen molar-refractivity contribution in [1.29, 1.82) is 0 Å². The van der Waals surface area contributed by atoms with Crippen molar-refractivity contribution in [2.75, 3.05) is 0 Å². The fourth-order valence-corrected chi connectivity index (χ4v) is 2.03. The summed E-state index contributed by atoms with van der Waals surface area (Å²) in [6.45, 7) is 0.542. The van der Waals surface area contributed by atoms with Crippen LogP contribution in [-0.4, -0.2) is 0 Å². The number of rotatable bonds is 3. The van der Waals surface area contributed by atoms with Crippen LogP contribution in [0.3, 0.4) is 0 Å². The van der Waals surface area contributed by atoms with Crippen molar-refractivity contribution in [2.24, 2.45) is 0 Å². The minimum Gasteiger partial charge on any atom is -0.489 e. The highest BCUT2D eigenvalue weighted by atomic mass is 32.1. The van der Waals surface area contributed by atoms with E-state index in [2.05, 4.69) is 0 Å². The Morgan fingerprint density at radius 1 is 0.947 bits per heavy atom. The predicted molar refractivity (Wildman–Crippen MR) is 77.8 cm³/mol. The summed E-state index contributed by atoms with van der Waals surface area (Å²) in [5.74, 6) is 0.778. The zero-order valence-corrected chi connectivity index (χ0v) is 11.0. The maximum atomic E-state index is 5.75. The van der Waals surface area contributed by atoms with E-state index < -0.39 is 0 Å². The summed E-state index contributed by atoms with van der Waals surface area (Å²) in [6.07, 6.45) is 0. The lowest BCUT2D eigenvalue weighted by Gasteiger charge is -2.06. The van der Waals surface area contributed by atoms with Gasteiger partial charge in [-0.1, -0.05) is 30.3 Å². The van der Waals surface area contributed by atoms with E-state index in [1.165, 1.54) is 0 Å². The zero-order valence-electron chi connectivity index (χ0n) is 10.2.